The van der Waals surface area contributed by atoms with Gasteiger partial charge in [-0.15, -0.1) is 0 Å². The zero-order chi connectivity index (χ0) is 12.4. The first-order chi connectivity index (χ1) is 8.11. The number of thiazole rings is 1. The van der Waals surface area contributed by atoms with Crippen LogP contribution >= 0.6 is 11.3 Å². The highest BCUT2D eigenvalue weighted by atomic mass is 32.1. The summed E-state index contributed by atoms with van der Waals surface area (Å²) in [5.74, 6) is 0.139. The SMILES string of the molecule is CCc1nc(N2CCN(C)CC2)sc1C(C)=O. The minimum atomic E-state index is 0.139. The number of hydrogen-bond donors (Lipinski definition) is 0. The van der Waals surface area contributed by atoms with Crippen LogP contribution in [0.15, 0.2) is 0 Å². The molecule has 1 aromatic rings. The van der Waals surface area contributed by atoms with Crippen molar-refractivity contribution in [3.63, 3.8) is 0 Å². The number of likely N-dealkylation sites (N-methyl/N-ethyl adjacent to an activating group) is 1. The monoisotopic (exact) mass is 253 g/mol. The molecule has 1 fully saturated rings. The van der Waals surface area contributed by atoms with Crippen LogP contribution in [-0.4, -0.2) is 48.9 Å². The number of carbonyl (C=O) groups excluding carboxylic acids is 1. The van der Waals surface area contributed by atoms with E-state index in [9.17, 15) is 4.79 Å². The summed E-state index contributed by atoms with van der Waals surface area (Å²) < 4.78 is 0. The summed E-state index contributed by atoms with van der Waals surface area (Å²) >= 11 is 1.55. The van der Waals surface area contributed by atoms with Gasteiger partial charge in [-0.1, -0.05) is 18.3 Å². The fourth-order valence-corrected chi connectivity index (χ4v) is 3.09. The number of nitrogens with zero attached hydrogens (tertiary/aromatic N) is 3. The van der Waals surface area contributed by atoms with Crippen LogP contribution in [0.1, 0.15) is 29.2 Å². The van der Waals surface area contributed by atoms with Crippen molar-refractivity contribution in [3.8, 4) is 0 Å². The predicted molar refractivity (Wildman–Crippen MR) is 71.2 cm³/mol. The van der Waals surface area contributed by atoms with E-state index < -0.39 is 0 Å². The Bertz CT molecular complexity index is 408. The molecule has 0 saturated carbocycles. The highest BCUT2D eigenvalue weighted by molar-refractivity contribution is 7.17. The summed E-state index contributed by atoms with van der Waals surface area (Å²) in [7, 11) is 2.14. The maximum Gasteiger partial charge on any atom is 0.186 e. The molecule has 0 bridgehead atoms. The van der Waals surface area contributed by atoms with E-state index >= 15 is 0 Å². The molecule has 0 aliphatic carbocycles. The lowest BCUT2D eigenvalue weighted by molar-refractivity contribution is 0.102. The van der Waals surface area contributed by atoms with Crippen LogP contribution in [0.2, 0.25) is 0 Å². The summed E-state index contributed by atoms with van der Waals surface area (Å²) in [5.41, 5.74) is 0.955. The number of ketones is 1. The van der Waals surface area contributed by atoms with E-state index in [1.807, 2.05) is 0 Å². The lowest BCUT2D eigenvalue weighted by Gasteiger charge is -2.32. The zero-order valence-electron chi connectivity index (χ0n) is 10.7. The predicted octanol–water partition coefficient (Wildman–Crippen LogP) is 1.66. The van der Waals surface area contributed by atoms with Crippen LogP contribution in [-0.2, 0) is 6.42 Å². The second kappa shape index (κ2) is 5.14. The van der Waals surface area contributed by atoms with E-state index in [1.165, 1.54) is 0 Å². The van der Waals surface area contributed by atoms with E-state index in [4.69, 9.17) is 0 Å². The van der Waals surface area contributed by atoms with Gasteiger partial charge in [0.05, 0.1) is 10.6 Å². The number of Topliss-reactive ketones (excluding diaryl/α,β-unsaturated/α-hetero) is 1. The second-order valence-electron chi connectivity index (χ2n) is 4.47. The molecule has 0 N–H and O–H groups in total. The molecule has 1 aliphatic heterocycles. The Balaban J connectivity index is 2.19. The third kappa shape index (κ3) is 2.66. The smallest absolute Gasteiger partial charge is 0.186 e. The van der Waals surface area contributed by atoms with E-state index in [2.05, 4.69) is 28.8 Å². The Morgan fingerprint density at radius 3 is 2.47 bits per heavy atom. The Morgan fingerprint density at radius 2 is 2.00 bits per heavy atom. The van der Waals surface area contributed by atoms with Crippen LogP contribution in [0.25, 0.3) is 0 Å². The van der Waals surface area contributed by atoms with Gasteiger partial charge < -0.3 is 9.80 Å². The lowest BCUT2D eigenvalue weighted by atomic mass is 10.2. The van der Waals surface area contributed by atoms with Crippen LogP contribution in [0.4, 0.5) is 5.13 Å². The van der Waals surface area contributed by atoms with Gasteiger partial charge in [0, 0.05) is 33.1 Å². The molecule has 0 spiro atoms. The number of anilines is 1. The Labute approximate surface area is 106 Å². The van der Waals surface area contributed by atoms with Gasteiger partial charge in [0.15, 0.2) is 10.9 Å². The topological polar surface area (TPSA) is 36.4 Å². The van der Waals surface area contributed by atoms with E-state index in [0.29, 0.717) is 0 Å². The number of hydrogen-bond acceptors (Lipinski definition) is 5. The quantitative estimate of drug-likeness (QED) is 0.768. The number of carbonyl (C=O) groups is 1. The second-order valence-corrected chi connectivity index (χ2v) is 5.45. The number of aryl methyl sites for hydroxylation is 1. The average Bonchev–Trinajstić information content (AvgIpc) is 2.74. The molecule has 2 heterocycles. The first kappa shape index (κ1) is 12.5. The van der Waals surface area contributed by atoms with Crippen molar-refractivity contribution >= 4 is 22.3 Å². The van der Waals surface area contributed by atoms with Gasteiger partial charge in [-0.3, -0.25) is 4.79 Å². The number of rotatable bonds is 3. The van der Waals surface area contributed by atoms with Crippen molar-refractivity contribution in [1.29, 1.82) is 0 Å². The fraction of sp³-hybridized carbons (Fsp3) is 0.667. The molecular formula is C12H19N3OS. The summed E-state index contributed by atoms with van der Waals surface area (Å²) in [6.07, 6.45) is 0.832. The maximum atomic E-state index is 11.5. The molecule has 94 valence electrons. The first-order valence-electron chi connectivity index (χ1n) is 6.06. The highest BCUT2D eigenvalue weighted by Gasteiger charge is 2.20. The molecular weight excluding hydrogens is 234 g/mol. The zero-order valence-corrected chi connectivity index (χ0v) is 11.5. The Morgan fingerprint density at radius 1 is 1.35 bits per heavy atom. The van der Waals surface area contributed by atoms with Gasteiger partial charge in [-0.25, -0.2) is 4.98 Å². The van der Waals surface area contributed by atoms with Crippen molar-refractivity contribution in [3.05, 3.63) is 10.6 Å². The van der Waals surface area contributed by atoms with Gasteiger partial charge in [-0.2, -0.15) is 0 Å². The molecule has 17 heavy (non-hydrogen) atoms. The molecule has 1 saturated heterocycles. The maximum absolute atomic E-state index is 11.5. The van der Waals surface area contributed by atoms with Gasteiger partial charge in [0.1, 0.15) is 0 Å². The van der Waals surface area contributed by atoms with Crippen LogP contribution in [0.5, 0.6) is 0 Å². The van der Waals surface area contributed by atoms with Crippen LogP contribution in [0.3, 0.4) is 0 Å². The van der Waals surface area contributed by atoms with Crippen molar-refractivity contribution in [2.24, 2.45) is 0 Å². The van der Waals surface area contributed by atoms with Crippen molar-refractivity contribution in [1.82, 2.24) is 9.88 Å². The molecule has 0 unspecified atom stereocenters. The Hall–Kier alpha value is -0.940. The van der Waals surface area contributed by atoms with E-state index in [0.717, 1.165) is 48.3 Å². The van der Waals surface area contributed by atoms with Crippen LogP contribution in [0, 0.1) is 0 Å². The lowest BCUT2D eigenvalue weighted by Crippen LogP contribution is -2.44. The molecule has 1 aliphatic rings. The van der Waals surface area contributed by atoms with E-state index in [1.54, 1.807) is 18.3 Å². The van der Waals surface area contributed by atoms with Crippen LogP contribution < -0.4 is 4.90 Å². The molecule has 1 aromatic heterocycles. The van der Waals surface area contributed by atoms with Gasteiger partial charge >= 0.3 is 0 Å². The third-order valence-electron chi connectivity index (χ3n) is 3.11. The van der Waals surface area contributed by atoms with Gasteiger partial charge in [0.25, 0.3) is 0 Å². The summed E-state index contributed by atoms with van der Waals surface area (Å²) in [6, 6.07) is 0. The van der Waals surface area contributed by atoms with Gasteiger partial charge in [0.2, 0.25) is 0 Å². The van der Waals surface area contributed by atoms with Crippen molar-refractivity contribution < 1.29 is 4.79 Å². The molecule has 5 heteroatoms. The first-order valence-corrected chi connectivity index (χ1v) is 6.87. The molecule has 0 aromatic carbocycles. The summed E-state index contributed by atoms with van der Waals surface area (Å²) in [5, 5.41) is 1.01. The summed E-state index contributed by atoms with van der Waals surface area (Å²) in [6.45, 7) is 7.82. The van der Waals surface area contributed by atoms with Gasteiger partial charge in [-0.05, 0) is 13.5 Å². The van der Waals surface area contributed by atoms with E-state index in [-0.39, 0.29) is 5.78 Å². The molecule has 2 rings (SSSR count). The molecule has 0 amide bonds. The van der Waals surface area contributed by atoms with Crippen molar-refractivity contribution in [2.75, 3.05) is 38.1 Å². The summed E-state index contributed by atoms with van der Waals surface area (Å²) in [4.78, 5) is 21.6. The fourth-order valence-electron chi connectivity index (χ4n) is 1.99. The Kier molecular flexibility index (Phi) is 3.79. The normalized spacial score (nSPS) is 17.5. The largest absolute Gasteiger partial charge is 0.346 e. The third-order valence-corrected chi connectivity index (χ3v) is 4.37. The molecule has 0 radical (unpaired) electrons. The minimum absolute atomic E-state index is 0.139. The number of piperazine rings is 1. The molecule has 4 nitrogen and oxygen atoms in total. The number of aromatic nitrogens is 1. The standard InChI is InChI=1S/C12H19N3OS/c1-4-10-11(9(2)16)17-12(13-10)15-7-5-14(3)6-8-15/h4-8H2,1-3H3. The highest BCUT2D eigenvalue weighted by Crippen LogP contribution is 2.27. The molecule has 0 atom stereocenters. The average molecular weight is 253 g/mol. The minimum Gasteiger partial charge on any atom is -0.346 e. The van der Waals surface area contributed by atoms with Crippen molar-refractivity contribution in [2.45, 2.75) is 20.3 Å².